The van der Waals surface area contributed by atoms with E-state index in [1.165, 1.54) is 18.2 Å². The van der Waals surface area contributed by atoms with Crippen LogP contribution in [0.4, 0.5) is 23.7 Å². The number of rotatable bonds is 4. The smallest absolute Gasteiger partial charge is 0.405 e. The Hall–Kier alpha value is -2.41. The lowest BCUT2D eigenvalue weighted by molar-refractivity contribution is -0.274. The van der Waals surface area contributed by atoms with Crippen molar-refractivity contribution in [2.24, 2.45) is 0 Å². The van der Waals surface area contributed by atoms with Crippen molar-refractivity contribution in [1.82, 2.24) is 5.32 Å². The molecule has 23 heavy (non-hydrogen) atoms. The summed E-state index contributed by atoms with van der Waals surface area (Å²) in [7, 11) is 0. The third kappa shape index (κ3) is 5.71. The highest BCUT2D eigenvalue weighted by Crippen LogP contribution is 2.26. The van der Waals surface area contributed by atoms with Crippen LogP contribution in [0.25, 0.3) is 0 Å². The zero-order chi connectivity index (χ0) is 16.9. The number of hydrogen-bond acceptors (Lipinski definition) is 2. The number of benzene rings is 2. The highest BCUT2D eigenvalue weighted by atomic mass is 35.5. The molecule has 122 valence electrons. The van der Waals surface area contributed by atoms with Crippen molar-refractivity contribution in [3.8, 4) is 5.75 Å². The Balaban J connectivity index is 1.97. The third-order valence-electron chi connectivity index (χ3n) is 2.72. The van der Waals surface area contributed by atoms with E-state index in [0.717, 1.165) is 0 Å². The molecule has 0 aliphatic heterocycles. The van der Waals surface area contributed by atoms with Gasteiger partial charge in [0.1, 0.15) is 5.75 Å². The van der Waals surface area contributed by atoms with Gasteiger partial charge in [0.15, 0.2) is 0 Å². The van der Waals surface area contributed by atoms with Gasteiger partial charge in [-0.15, -0.1) is 13.2 Å². The molecule has 8 heteroatoms. The van der Waals surface area contributed by atoms with Gasteiger partial charge in [0.2, 0.25) is 0 Å². The Labute approximate surface area is 135 Å². The fourth-order valence-electron chi connectivity index (χ4n) is 1.79. The van der Waals surface area contributed by atoms with Crippen LogP contribution in [0.1, 0.15) is 5.56 Å². The first-order valence-corrected chi connectivity index (χ1v) is 6.85. The minimum Gasteiger partial charge on any atom is -0.405 e. The number of carbonyl (C=O) groups is 1. The van der Waals surface area contributed by atoms with E-state index in [1.807, 2.05) is 0 Å². The fourth-order valence-corrected chi connectivity index (χ4v) is 1.98. The summed E-state index contributed by atoms with van der Waals surface area (Å²) in [5.74, 6) is -0.358. The maximum absolute atomic E-state index is 12.3. The second-order valence-corrected chi connectivity index (χ2v) is 4.91. The molecule has 0 aliphatic carbocycles. The molecule has 0 radical (unpaired) electrons. The fraction of sp³-hybridized carbons (Fsp3) is 0.133. The van der Waals surface area contributed by atoms with E-state index in [0.29, 0.717) is 10.7 Å². The van der Waals surface area contributed by atoms with Crippen LogP contribution in [0.5, 0.6) is 5.75 Å². The molecule has 0 spiro atoms. The van der Waals surface area contributed by atoms with Crippen molar-refractivity contribution in [1.29, 1.82) is 0 Å². The summed E-state index contributed by atoms with van der Waals surface area (Å²) in [6.45, 7) is -0.126. The maximum atomic E-state index is 12.3. The molecule has 2 amide bonds. The summed E-state index contributed by atoms with van der Waals surface area (Å²) in [6.07, 6.45) is -4.79. The van der Waals surface area contributed by atoms with Gasteiger partial charge in [0.05, 0.1) is 0 Å². The van der Waals surface area contributed by atoms with E-state index < -0.39 is 12.4 Å². The van der Waals surface area contributed by atoms with E-state index in [4.69, 9.17) is 11.6 Å². The van der Waals surface area contributed by atoms with Crippen molar-refractivity contribution in [3.63, 3.8) is 0 Å². The highest BCUT2D eigenvalue weighted by Gasteiger charge is 2.31. The van der Waals surface area contributed by atoms with Crippen molar-refractivity contribution in [2.45, 2.75) is 12.9 Å². The first-order chi connectivity index (χ1) is 10.8. The normalized spacial score (nSPS) is 11.0. The second kappa shape index (κ2) is 7.23. The van der Waals surface area contributed by atoms with Crippen LogP contribution in [0, 0.1) is 0 Å². The van der Waals surface area contributed by atoms with Gasteiger partial charge in [-0.2, -0.15) is 0 Å². The van der Waals surface area contributed by atoms with Crippen LogP contribution in [0.2, 0.25) is 5.02 Å². The number of carbonyl (C=O) groups excluding carboxylic acids is 1. The molecule has 4 nitrogen and oxygen atoms in total. The molecular weight excluding hydrogens is 333 g/mol. The molecule has 0 aliphatic rings. The predicted molar refractivity (Wildman–Crippen MR) is 80.4 cm³/mol. The van der Waals surface area contributed by atoms with Crippen LogP contribution in [-0.4, -0.2) is 12.4 Å². The molecule has 2 aromatic carbocycles. The summed E-state index contributed by atoms with van der Waals surface area (Å²) in [5.41, 5.74) is 0.667. The molecule has 0 heterocycles. The number of hydrogen-bond donors (Lipinski definition) is 2. The third-order valence-corrected chi connectivity index (χ3v) is 2.96. The predicted octanol–water partition coefficient (Wildman–Crippen LogP) is 4.56. The van der Waals surface area contributed by atoms with Gasteiger partial charge in [0.25, 0.3) is 0 Å². The Morgan fingerprint density at radius 2 is 1.87 bits per heavy atom. The standard InChI is InChI=1S/C15H12ClF3N2O2/c16-11-5-3-6-12(8-11)21-14(22)20-9-10-4-1-2-7-13(10)23-15(17,18)19/h1-8H,9H2,(H2,20,21,22). The summed E-state index contributed by atoms with van der Waals surface area (Å²) < 4.78 is 40.8. The second-order valence-electron chi connectivity index (χ2n) is 4.47. The van der Waals surface area contributed by atoms with E-state index >= 15 is 0 Å². The molecule has 0 saturated heterocycles. The summed E-state index contributed by atoms with van der Waals surface area (Å²) in [5, 5.41) is 5.43. The molecular formula is C15H12ClF3N2O2. The van der Waals surface area contributed by atoms with Crippen LogP contribution < -0.4 is 15.4 Å². The molecule has 2 aromatic rings. The zero-order valence-electron chi connectivity index (χ0n) is 11.7. The topological polar surface area (TPSA) is 50.4 Å². The summed E-state index contributed by atoms with van der Waals surface area (Å²) in [6, 6.07) is 11.5. The first kappa shape index (κ1) is 17.0. The Kier molecular flexibility index (Phi) is 5.33. The van der Waals surface area contributed by atoms with E-state index in [-0.39, 0.29) is 17.9 Å². The Bertz CT molecular complexity index is 692. The van der Waals surface area contributed by atoms with Gasteiger partial charge < -0.3 is 15.4 Å². The average molecular weight is 345 g/mol. The number of amides is 2. The molecule has 0 bridgehead atoms. The van der Waals surface area contributed by atoms with Crippen molar-refractivity contribution < 1.29 is 22.7 Å². The number of halogens is 4. The minimum atomic E-state index is -4.79. The molecule has 0 atom stereocenters. The number of anilines is 1. The van der Waals surface area contributed by atoms with E-state index in [1.54, 1.807) is 30.3 Å². The molecule has 0 unspecified atom stereocenters. The summed E-state index contributed by atoms with van der Waals surface area (Å²) in [4.78, 5) is 11.8. The van der Waals surface area contributed by atoms with Gasteiger partial charge in [-0.05, 0) is 24.3 Å². The number of nitrogens with one attached hydrogen (secondary N) is 2. The van der Waals surface area contributed by atoms with Crippen molar-refractivity contribution in [3.05, 3.63) is 59.1 Å². The average Bonchev–Trinajstić information content (AvgIpc) is 2.45. The Morgan fingerprint density at radius 3 is 2.57 bits per heavy atom. The largest absolute Gasteiger partial charge is 0.573 e. The number of alkyl halides is 3. The first-order valence-electron chi connectivity index (χ1n) is 6.47. The maximum Gasteiger partial charge on any atom is 0.573 e. The van der Waals surface area contributed by atoms with E-state index in [2.05, 4.69) is 15.4 Å². The quantitative estimate of drug-likeness (QED) is 0.854. The Morgan fingerprint density at radius 1 is 1.13 bits per heavy atom. The SMILES string of the molecule is O=C(NCc1ccccc1OC(F)(F)F)Nc1cccc(Cl)c1. The number of ether oxygens (including phenoxy) is 1. The van der Waals surface area contributed by atoms with Crippen LogP contribution in [-0.2, 0) is 6.54 Å². The molecule has 0 saturated carbocycles. The van der Waals surface area contributed by atoms with Crippen LogP contribution in [0.15, 0.2) is 48.5 Å². The van der Waals surface area contributed by atoms with Gasteiger partial charge in [-0.1, -0.05) is 35.9 Å². The van der Waals surface area contributed by atoms with Crippen LogP contribution in [0.3, 0.4) is 0 Å². The molecule has 2 N–H and O–H groups in total. The molecule has 0 aromatic heterocycles. The molecule has 2 rings (SSSR count). The van der Waals surface area contributed by atoms with Crippen molar-refractivity contribution in [2.75, 3.05) is 5.32 Å². The summed E-state index contributed by atoms with van der Waals surface area (Å²) >= 11 is 5.79. The van der Waals surface area contributed by atoms with Gasteiger partial charge >= 0.3 is 12.4 Å². The molecule has 0 fully saturated rings. The number of para-hydroxylation sites is 1. The lowest BCUT2D eigenvalue weighted by Gasteiger charge is -2.14. The van der Waals surface area contributed by atoms with Gasteiger partial charge in [0, 0.05) is 22.8 Å². The zero-order valence-corrected chi connectivity index (χ0v) is 12.4. The van der Waals surface area contributed by atoms with Gasteiger partial charge in [-0.25, -0.2) is 4.79 Å². The van der Waals surface area contributed by atoms with E-state index in [9.17, 15) is 18.0 Å². The minimum absolute atomic E-state index is 0.126. The van der Waals surface area contributed by atoms with Crippen molar-refractivity contribution >= 4 is 23.3 Å². The highest BCUT2D eigenvalue weighted by molar-refractivity contribution is 6.30. The van der Waals surface area contributed by atoms with Gasteiger partial charge in [-0.3, -0.25) is 0 Å². The lowest BCUT2D eigenvalue weighted by atomic mass is 10.2. The monoisotopic (exact) mass is 344 g/mol. The lowest BCUT2D eigenvalue weighted by Crippen LogP contribution is -2.28. The number of urea groups is 1. The van der Waals surface area contributed by atoms with Crippen LogP contribution >= 0.6 is 11.6 Å².